The molecule has 4 heteroatoms. The van der Waals surface area contributed by atoms with Gasteiger partial charge in [-0.25, -0.2) is 0 Å². The quantitative estimate of drug-likeness (QED) is 0.737. The zero-order valence-corrected chi connectivity index (χ0v) is 9.49. The molecule has 4 nitrogen and oxygen atoms in total. The first-order valence-corrected chi connectivity index (χ1v) is 5.15. The van der Waals surface area contributed by atoms with Crippen molar-refractivity contribution < 1.29 is 9.59 Å². The first-order chi connectivity index (χ1) is 7.50. The first-order valence-electron chi connectivity index (χ1n) is 5.15. The van der Waals surface area contributed by atoms with E-state index in [0.29, 0.717) is 12.1 Å². The van der Waals surface area contributed by atoms with Crippen molar-refractivity contribution in [2.45, 2.75) is 13.8 Å². The van der Waals surface area contributed by atoms with Gasteiger partial charge in [0.2, 0.25) is 5.91 Å². The van der Waals surface area contributed by atoms with Gasteiger partial charge in [0.1, 0.15) is 0 Å². The molecule has 1 amide bonds. The van der Waals surface area contributed by atoms with Gasteiger partial charge in [-0.05, 0) is 19.1 Å². The Morgan fingerprint density at radius 2 is 2.12 bits per heavy atom. The van der Waals surface area contributed by atoms with Crippen molar-refractivity contribution in [3.8, 4) is 0 Å². The predicted molar refractivity (Wildman–Crippen MR) is 63.3 cm³/mol. The molecule has 0 radical (unpaired) electrons. The third-order valence-electron chi connectivity index (χ3n) is 2.37. The topological polar surface area (TPSA) is 72.2 Å². The molecule has 0 saturated heterocycles. The van der Waals surface area contributed by atoms with E-state index in [1.165, 1.54) is 6.92 Å². The van der Waals surface area contributed by atoms with E-state index in [9.17, 15) is 9.59 Å². The van der Waals surface area contributed by atoms with E-state index in [1.807, 2.05) is 6.07 Å². The lowest BCUT2D eigenvalue weighted by atomic mass is 10.1. The summed E-state index contributed by atoms with van der Waals surface area (Å²) in [5.74, 6) is -0.553. The number of anilines is 1. The highest BCUT2D eigenvalue weighted by Gasteiger charge is 2.08. The van der Waals surface area contributed by atoms with Crippen molar-refractivity contribution in [2.24, 2.45) is 11.7 Å². The lowest BCUT2D eigenvalue weighted by Gasteiger charge is -2.10. The average molecular weight is 220 g/mol. The highest BCUT2D eigenvalue weighted by Crippen LogP contribution is 2.11. The second-order valence-corrected chi connectivity index (χ2v) is 3.82. The molecule has 0 aromatic heterocycles. The van der Waals surface area contributed by atoms with Gasteiger partial charge in [-0.2, -0.15) is 0 Å². The maximum atomic E-state index is 11.1. The Kier molecular flexibility index (Phi) is 4.05. The van der Waals surface area contributed by atoms with Gasteiger partial charge in [-0.1, -0.05) is 19.1 Å². The number of hydrogen-bond donors (Lipinski definition) is 2. The Morgan fingerprint density at radius 3 is 2.69 bits per heavy atom. The maximum Gasteiger partial charge on any atom is 0.222 e. The van der Waals surface area contributed by atoms with Crippen LogP contribution < -0.4 is 11.1 Å². The van der Waals surface area contributed by atoms with Crippen molar-refractivity contribution in [3.63, 3.8) is 0 Å². The largest absolute Gasteiger partial charge is 0.384 e. The number of carbonyl (C=O) groups is 2. The molecule has 0 bridgehead atoms. The number of nitrogens with two attached hydrogens (primary N) is 1. The van der Waals surface area contributed by atoms with Crippen molar-refractivity contribution in [3.05, 3.63) is 29.8 Å². The smallest absolute Gasteiger partial charge is 0.222 e. The molecule has 16 heavy (non-hydrogen) atoms. The number of nitrogens with one attached hydrogen (secondary N) is 1. The fraction of sp³-hybridized carbons (Fsp3) is 0.333. The summed E-state index contributed by atoms with van der Waals surface area (Å²) in [5.41, 5.74) is 6.62. The summed E-state index contributed by atoms with van der Waals surface area (Å²) in [4.78, 5) is 22.0. The number of Topliss-reactive ketones (excluding diaryl/α,β-unsaturated/α-hetero) is 1. The number of ketones is 1. The van der Waals surface area contributed by atoms with Gasteiger partial charge in [0.25, 0.3) is 0 Å². The lowest BCUT2D eigenvalue weighted by molar-refractivity contribution is -0.120. The Labute approximate surface area is 94.8 Å². The third-order valence-corrected chi connectivity index (χ3v) is 2.37. The molecule has 0 saturated carbocycles. The minimum Gasteiger partial charge on any atom is -0.384 e. The Balaban J connectivity index is 2.64. The average Bonchev–Trinajstić information content (AvgIpc) is 2.26. The standard InChI is InChI=1S/C12H16N2O2/c1-8(12(13)16)7-14-11-5-3-4-10(6-11)9(2)15/h3-6,8,14H,7H2,1-2H3,(H2,13,16). The summed E-state index contributed by atoms with van der Waals surface area (Å²) in [6.45, 7) is 3.74. The zero-order chi connectivity index (χ0) is 12.1. The van der Waals surface area contributed by atoms with Gasteiger partial charge in [-0.3, -0.25) is 9.59 Å². The summed E-state index contributed by atoms with van der Waals surface area (Å²) >= 11 is 0. The van der Waals surface area contributed by atoms with Gasteiger partial charge in [0.05, 0.1) is 5.92 Å². The predicted octanol–water partition coefficient (Wildman–Crippen LogP) is 1.42. The van der Waals surface area contributed by atoms with E-state index in [1.54, 1.807) is 25.1 Å². The molecule has 0 aliphatic carbocycles. The molecule has 0 aliphatic rings. The first kappa shape index (κ1) is 12.2. The van der Waals surface area contributed by atoms with Crippen molar-refractivity contribution >= 4 is 17.4 Å². The number of benzene rings is 1. The second kappa shape index (κ2) is 5.30. The summed E-state index contributed by atoms with van der Waals surface area (Å²) < 4.78 is 0. The molecule has 1 rings (SSSR count). The molecule has 1 aromatic rings. The number of rotatable bonds is 5. The normalized spacial score (nSPS) is 11.9. The van der Waals surface area contributed by atoms with Crippen LogP contribution in [0.1, 0.15) is 24.2 Å². The number of amides is 1. The van der Waals surface area contributed by atoms with E-state index in [0.717, 1.165) is 5.69 Å². The highest BCUT2D eigenvalue weighted by atomic mass is 16.1. The monoisotopic (exact) mass is 220 g/mol. The summed E-state index contributed by atoms with van der Waals surface area (Å²) in [6.07, 6.45) is 0. The number of primary amides is 1. The van der Waals surface area contributed by atoms with Crippen molar-refractivity contribution in [1.29, 1.82) is 0 Å². The van der Waals surface area contributed by atoms with Crippen molar-refractivity contribution in [1.82, 2.24) is 0 Å². The molecular formula is C12H16N2O2. The van der Waals surface area contributed by atoms with E-state index < -0.39 is 0 Å². The summed E-state index contributed by atoms with van der Waals surface area (Å²) in [6, 6.07) is 7.16. The van der Waals surface area contributed by atoms with Crippen LogP contribution in [0.15, 0.2) is 24.3 Å². The zero-order valence-electron chi connectivity index (χ0n) is 9.49. The van der Waals surface area contributed by atoms with Crippen LogP contribution in [0.2, 0.25) is 0 Å². The number of carbonyl (C=O) groups excluding carboxylic acids is 2. The Morgan fingerprint density at radius 1 is 1.44 bits per heavy atom. The molecule has 0 fully saturated rings. The molecule has 0 aliphatic heterocycles. The highest BCUT2D eigenvalue weighted by molar-refractivity contribution is 5.94. The van der Waals surface area contributed by atoms with Crippen LogP contribution in [0.3, 0.4) is 0 Å². The van der Waals surface area contributed by atoms with E-state index in [4.69, 9.17) is 5.73 Å². The molecule has 3 N–H and O–H groups in total. The molecule has 1 atom stereocenters. The SMILES string of the molecule is CC(=O)c1cccc(NCC(C)C(N)=O)c1. The van der Waals surface area contributed by atoms with Crippen LogP contribution in [-0.4, -0.2) is 18.2 Å². The third kappa shape index (κ3) is 3.38. The number of hydrogen-bond acceptors (Lipinski definition) is 3. The fourth-order valence-corrected chi connectivity index (χ4v) is 1.22. The summed E-state index contributed by atoms with van der Waals surface area (Å²) in [7, 11) is 0. The Hall–Kier alpha value is -1.84. The Bertz CT molecular complexity index is 402. The van der Waals surface area contributed by atoms with E-state index in [2.05, 4.69) is 5.32 Å². The van der Waals surface area contributed by atoms with Crippen LogP contribution in [-0.2, 0) is 4.79 Å². The van der Waals surface area contributed by atoms with Gasteiger partial charge in [-0.15, -0.1) is 0 Å². The van der Waals surface area contributed by atoms with Crippen LogP contribution in [0.5, 0.6) is 0 Å². The maximum absolute atomic E-state index is 11.1. The fourth-order valence-electron chi connectivity index (χ4n) is 1.22. The van der Waals surface area contributed by atoms with Gasteiger partial charge in [0.15, 0.2) is 5.78 Å². The van der Waals surface area contributed by atoms with E-state index in [-0.39, 0.29) is 17.6 Å². The van der Waals surface area contributed by atoms with Gasteiger partial charge in [0, 0.05) is 17.8 Å². The summed E-state index contributed by atoms with van der Waals surface area (Å²) in [5, 5.41) is 3.07. The van der Waals surface area contributed by atoms with Crippen molar-refractivity contribution in [2.75, 3.05) is 11.9 Å². The van der Waals surface area contributed by atoms with E-state index >= 15 is 0 Å². The molecule has 1 aromatic carbocycles. The molecule has 1 unspecified atom stereocenters. The van der Waals surface area contributed by atoms with Crippen LogP contribution in [0, 0.1) is 5.92 Å². The molecule has 86 valence electrons. The minimum absolute atomic E-state index is 0.0200. The molecular weight excluding hydrogens is 204 g/mol. The van der Waals surface area contributed by atoms with Gasteiger partial charge < -0.3 is 11.1 Å². The van der Waals surface area contributed by atoms with Crippen LogP contribution in [0.4, 0.5) is 5.69 Å². The van der Waals surface area contributed by atoms with Crippen LogP contribution >= 0.6 is 0 Å². The molecule has 0 heterocycles. The second-order valence-electron chi connectivity index (χ2n) is 3.82. The minimum atomic E-state index is -0.338. The van der Waals surface area contributed by atoms with Crippen LogP contribution in [0.25, 0.3) is 0 Å². The molecule has 0 spiro atoms. The van der Waals surface area contributed by atoms with Gasteiger partial charge >= 0.3 is 0 Å². The lowest BCUT2D eigenvalue weighted by Crippen LogP contribution is -2.26.